The van der Waals surface area contributed by atoms with Crippen LogP contribution >= 0.6 is 50.5 Å². The van der Waals surface area contributed by atoms with Gasteiger partial charge in [-0.2, -0.15) is 0 Å². The molecule has 0 aliphatic heterocycles. The molecule has 3 rings (SSSR count). The van der Waals surface area contributed by atoms with Gasteiger partial charge >= 0.3 is 0 Å². The van der Waals surface area contributed by atoms with E-state index in [2.05, 4.69) is 31.5 Å². The number of aromatic nitrogens is 1. The third kappa shape index (κ3) is 4.17. The van der Waals surface area contributed by atoms with Crippen molar-refractivity contribution in [3.8, 4) is 0 Å². The molecule has 0 atom stereocenters. The van der Waals surface area contributed by atoms with E-state index in [9.17, 15) is 9.18 Å². The molecule has 1 heterocycles. The lowest BCUT2D eigenvalue weighted by atomic mass is 10.2. The summed E-state index contributed by atoms with van der Waals surface area (Å²) in [6, 6.07) is 9.60. The van der Waals surface area contributed by atoms with Crippen LogP contribution in [0.15, 0.2) is 41.0 Å². The Hall–Kier alpha value is -1.67. The molecule has 0 radical (unpaired) electrons. The van der Waals surface area contributed by atoms with Crippen LogP contribution in [0.4, 0.5) is 20.9 Å². The van der Waals surface area contributed by atoms with Crippen molar-refractivity contribution >= 4 is 72.9 Å². The molecule has 1 amide bonds. The van der Waals surface area contributed by atoms with E-state index in [1.807, 2.05) is 19.1 Å². The van der Waals surface area contributed by atoms with Gasteiger partial charge in [-0.25, -0.2) is 9.37 Å². The monoisotopic (exact) mass is 473 g/mol. The highest BCUT2D eigenvalue weighted by molar-refractivity contribution is 9.10. The maximum Gasteiger partial charge on any atom is 0.268 e. The van der Waals surface area contributed by atoms with Crippen molar-refractivity contribution in [1.29, 1.82) is 0 Å². The summed E-state index contributed by atoms with van der Waals surface area (Å²) in [6.45, 7) is 1.86. The summed E-state index contributed by atoms with van der Waals surface area (Å²) in [6.07, 6.45) is 0. The summed E-state index contributed by atoms with van der Waals surface area (Å²) >= 11 is 16.3. The molecule has 1 aromatic heterocycles. The summed E-state index contributed by atoms with van der Waals surface area (Å²) in [5, 5.41) is 6.71. The number of anilines is 3. The van der Waals surface area contributed by atoms with Gasteiger partial charge in [0.25, 0.3) is 5.91 Å². The van der Waals surface area contributed by atoms with Gasteiger partial charge in [-0.05, 0) is 52.7 Å². The Labute approximate surface area is 171 Å². The van der Waals surface area contributed by atoms with Gasteiger partial charge in [0.2, 0.25) is 0 Å². The molecule has 0 aliphatic rings. The Morgan fingerprint density at radius 2 is 2.00 bits per heavy atom. The van der Waals surface area contributed by atoms with Gasteiger partial charge in [-0.1, -0.05) is 46.7 Å². The number of nitrogens with one attached hydrogen (secondary N) is 2. The van der Waals surface area contributed by atoms with E-state index in [1.54, 1.807) is 6.07 Å². The molecule has 9 heteroatoms. The molecule has 134 valence electrons. The first-order valence-corrected chi connectivity index (χ1v) is 9.66. The highest BCUT2D eigenvalue weighted by Crippen LogP contribution is 2.32. The lowest BCUT2D eigenvalue weighted by Gasteiger charge is -2.09. The van der Waals surface area contributed by atoms with Gasteiger partial charge < -0.3 is 10.6 Å². The molecule has 0 saturated heterocycles. The zero-order chi connectivity index (χ0) is 18.8. The normalized spacial score (nSPS) is 10.7. The van der Waals surface area contributed by atoms with Crippen LogP contribution in [0.25, 0.3) is 0 Å². The Morgan fingerprint density at radius 3 is 2.69 bits per heavy atom. The van der Waals surface area contributed by atoms with Gasteiger partial charge in [-0.15, -0.1) is 0 Å². The number of amides is 1. The lowest BCUT2D eigenvalue weighted by molar-refractivity contribution is 0.102. The fourth-order valence-corrected chi connectivity index (χ4v) is 4.09. The van der Waals surface area contributed by atoms with Crippen molar-refractivity contribution in [2.75, 3.05) is 10.6 Å². The molecule has 0 spiro atoms. The van der Waals surface area contributed by atoms with Gasteiger partial charge in [0.05, 0.1) is 15.7 Å². The number of nitrogens with zero attached hydrogens (tertiary/aromatic N) is 1. The summed E-state index contributed by atoms with van der Waals surface area (Å²) in [5.74, 6) is -0.844. The van der Waals surface area contributed by atoms with Gasteiger partial charge in [0, 0.05) is 5.69 Å². The first-order chi connectivity index (χ1) is 12.3. The number of rotatable bonds is 4. The number of carbonyl (C=O) groups is 1. The number of halogens is 4. The first kappa shape index (κ1) is 19.1. The van der Waals surface area contributed by atoms with Gasteiger partial charge in [0.15, 0.2) is 5.13 Å². The van der Waals surface area contributed by atoms with E-state index in [0.29, 0.717) is 31.0 Å². The van der Waals surface area contributed by atoms with Crippen LogP contribution in [0, 0.1) is 12.7 Å². The molecule has 0 aliphatic carbocycles. The second-order valence-electron chi connectivity index (χ2n) is 5.28. The van der Waals surface area contributed by atoms with Crippen LogP contribution < -0.4 is 10.6 Å². The number of thiazole rings is 1. The zero-order valence-electron chi connectivity index (χ0n) is 13.2. The van der Waals surface area contributed by atoms with E-state index < -0.39 is 5.82 Å². The predicted molar refractivity (Wildman–Crippen MR) is 109 cm³/mol. The highest BCUT2D eigenvalue weighted by Gasteiger charge is 2.18. The number of hydrogen-bond acceptors (Lipinski definition) is 4. The van der Waals surface area contributed by atoms with Crippen molar-refractivity contribution in [2.45, 2.75) is 6.92 Å². The second kappa shape index (κ2) is 7.92. The Bertz CT molecular complexity index is 976. The minimum atomic E-state index is -0.507. The van der Waals surface area contributed by atoms with E-state index >= 15 is 0 Å². The molecule has 3 aromatic rings. The number of benzene rings is 2. The Kier molecular flexibility index (Phi) is 5.82. The molecule has 4 nitrogen and oxygen atoms in total. The average Bonchev–Trinajstić information content (AvgIpc) is 2.95. The number of aryl methyl sites for hydroxylation is 1. The van der Waals surface area contributed by atoms with Gasteiger partial charge in [0.1, 0.15) is 15.3 Å². The van der Waals surface area contributed by atoms with Crippen LogP contribution in [0.1, 0.15) is 15.2 Å². The molecule has 2 aromatic carbocycles. The zero-order valence-corrected chi connectivity index (χ0v) is 17.2. The standard InChI is InChI=1S/C17H11BrCl2FN3OS/c1-8-3-2-4-10(19)13(8)23-16(25)14-15(18)24-17(26-14)22-9-5-6-12(21)11(20)7-9/h2-7H,1H3,(H,22,24)(H,23,25). The number of para-hydroxylation sites is 1. The molecule has 0 unspecified atom stereocenters. The van der Waals surface area contributed by atoms with E-state index in [-0.39, 0.29) is 10.9 Å². The highest BCUT2D eigenvalue weighted by atomic mass is 79.9. The molecular weight excluding hydrogens is 464 g/mol. The summed E-state index contributed by atoms with van der Waals surface area (Å²) in [7, 11) is 0. The van der Waals surface area contributed by atoms with Crippen LogP contribution in [0.2, 0.25) is 10.0 Å². The van der Waals surface area contributed by atoms with Crippen LogP contribution in [-0.4, -0.2) is 10.9 Å². The van der Waals surface area contributed by atoms with Crippen molar-refractivity contribution < 1.29 is 9.18 Å². The third-order valence-corrected chi connectivity index (χ3v) is 5.83. The topological polar surface area (TPSA) is 54.0 Å². The predicted octanol–water partition coefficient (Wildman–Crippen LogP) is 6.66. The molecule has 26 heavy (non-hydrogen) atoms. The Morgan fingerprint density at radius 1 is 1.23 bits per heavy atom. The average molecular weight is 475 g/mol. The van der Waals surface area contributed by atoms with Crippen LogP contribution in [-0.2, 0) is 0 Å². The number of carbonyl (C=O) groups excluding carboxylic acids is 1. The molecular formula is C17H11BrCl2FN3OS. The smallest absolute Gasteiger partial charge is 0.268 e. The van der Waals surface area contributed by atoms with Crippen LogP contribution in [0.3, 0.4) is 0 Å². The SMILES string of the molecule is Cc1cccc(Cl)c1NC(=O)c1sc(Nc2ccc(F)c(Cl)c2)nc1Br. The quantitative estimate of drug-likeness (QED) is 0.444. The minimum Gasteiger partial charge on any atom is -0.331 e. The first-order valence-electron chi connectivity index (χ1n) is 7.30. The molecule has 0 saturated carbocycles. The van der Waals surface area contributed by atoms with E-state index in [0.717, 1.165) is 16.9 Å². The van der Waals surface area contributed by atoms with Gasteiger partial charge in [-0.3, -0.25) is 4.79 Å². The largest absolute Gasteiger partial charge is 0.331 e. The lowest BCUT2D eigenvalue weighted by Crippen LogP contribution is -2.12. The second-order valence-corrected chi connectivity index (χ2v) is 7.84. The van der Waals surface area contributed by atoms with Crippen molar-refractivity contribution in [1.82, 2.24) is 4.98 Å². The van der Waals surface area contributed by atoms with E-state index in [1.165, 1.54) is 18.2 Å². The maximum absolute atomic E-state index is 13.2. The summed E-state index contributed by atoms with van der Waals surface area (Å²) < 4.78 is 13.6. The van der Waals surface area contributed by atoms with E-state index in [4.69, 9.17) is 23.2 Å². The number of hydrogen-bond donors (Lipinski definition) is 2. The fourth-order valence-electron chi connectivity index (χ4n) is 2.15. The summed E-state index contributed by atoms with van der Waals surface area (Å²) in [5.41, 5.74) is 1.97. The third-order valence-electron chi connectivity index (χ3n) is 3.42. The molecule has 0 fully saturated rings. The Balaban J connectivity index is 1.81. The van der Waals surface area contributed by atoms with Crippen molar-refractivity contribution in [3.63, 3.8) is 0 Å². The van der Waals surface area contributed by atoms with Crippen molar-refractivity contribution in [3.05, 3.63) is 67.3 Å². The fraction of sp³-hybridized carbons (Fsp3) is 0.0588. The molecule has 0 bridgehead atoms. The minimum absolute atomic E-state index is 0.00205. The van der Waals surface area contributed by atoms with Crippen LogP contribution in [0.5, 0.6) is 0 Å². The van der Waals surface area contributed by atoms with Crippen molar-refractivity contribution in [2.24, 2.45) is 0 Å². The maximum atomic E-state index is 13.2. The molecule has 2 N–H and O–H groups in total. The summed E-state index contributed by atoms with van der Waals surface area (Å²) in [4.78, 5) is 17.2.